The average molecular weight is 116 g/mol. The number of rotatable bonds is 3. The Kier molecular flexibility index (Phi) is 3.93. The molecule has 2 nitrogen and oxygen atoms in total. The van der Waals surface area contributed by atoms with Gasteiger partial charge in [-0.1, -0.05) is 0 Å². The second kappa shape index (κ2) is 4.02. The maximum Gasteiger partial charge on any atom is 0.227 e. The first kappa shape index (κ1) is 6.85. The third-order valence-electron chi connectivity index (χ3n) is 0.495. The SMILES string of the molecule is C[Si]OC(C)C=O. The maximum absolute atomic E-state index is 9.77. The molecule has 0 amide bonds. The third kappa shape index (κ3) is 3.68. The Balaban J connectivity index is 2.98. The Hall–Kier alpha value is -0.153. The molecule has 0 aliphatic carbocycles. The lowest BCUT2D eigenvalue weighted by molar-refractivity contribution is -0.113. The number of aldehydes is 1. The van der Waals surface area contributed by atoms with Gasteiger partial charge in [0.1, 0.15) is 6.29 Å². The smallest absolute Gasteiger partial charge is 0.227 e. The largest absolute Gasteiger partial charge is 0.408 e. The standard InChI is InChI=1S/C4H8O2Si/c1-4(3-5)6-7-2/h3-4H,1-2H3. The zero-order valence-electron chi connectivity index (χ0n) is 4.47. The fraction of sp³-hybridized carbons (Fsp3) is 0.750. The molecule has 0 N–H and O–H groups in total. The van der Waals surface area contributed by atoms with Gasteiger partial charge in [-0.25, -0.2) is 0 Å². The number of carbonyl (C=O) groups is 1. The lowest BCUT2D eigenvalue weighted by Gasteiger charge is -1.98. The molecular weight excluding hydrogens is 108 g/mol. The molecule has 0 spiro atoms. The molecule has 40 valence electrons. The first-order valence-corrected chi connectivity index (χ1v) is 3.49. The summed E-state index contributed by atoms with van der Waals surface area (Å²) in [5.41, 5.74) is 0. The van der Waals surface area contributed by atoms with E-state index < -0.39 is 0 Å². The highest BCUT2D eigenvalue weighted by atomic mass is 28.2. The van der Waals surface area contributed by atoms with Gasteiger partial charge in [-0.2, -0.15) is 0 Å². The molecule has 0 saturated heterocycles. The predicted octanol–water partition coefficient (Wildman–Crippen LogP) is 0.258. The summed E-state index contributed by atoms with van der Waals surface area (Å²) >= 11 is 0. The second-order valence-corrected chi connectivity index (χ2v) is 1.81. The molecule has 7 heavy (non-hydrogen) atoms. The summed E-state index contributed by atoms with van der Waals surface area (Å²) in [6.07, 6.45) is 0.569. The van der Waals surface area contributed by atoms with Crippen LogP contribution >= 0.6 is 0 Å². The van der Waals surface area contributed by atoms with Gasteiger partial charge < -0.3 is 9.22 Å². The molecule has 0 fully saturated rings. The quantitative estimate of drug-likeness (QED) is 0.390. The van der Waals surface area contributed by atoms with Crippen LogP contribution in [0.2, 0.25) is 6.55 Å². The fourth-order valence-corrected chi connectivity index (χ4v) is 0.641. The molecule has 1 atom stereocenters. The topological polar surface area (TPSA) is 26.3 Å². The normalized spacial score (nSPS) is 13.4. The van der Waals surface area contributed by atoms with Gasteiger partial charge in [-0.15, -0.1) is 0 Å². The Morgan fingerprint density at radius 3 is 2.57 bits per heavy atom. The average Bonchev–Trinajstić information content (AvgIpc) is 1.68. The number of hydrogen-bond donors (Lipinski definition) is 0. The van der Waals surface area contributed by atoms with Crippen molar-refractivity contribution in [1.82, 2.24) is 0 Å². The molecule has 0 aliphatic rings. The van der Waals surface area contributed by atoms with Crippen molar-refractivity contribution in [2.24, 2.45) is 0 Å². The summed E-state index contributed by atoms with van der Waals surface area (Å²) in [4.78, 5) is 9.77. The van der Waals surface area contributed by atoms with Crippen LogP contribution in [-0.4, -0.2) is 22.2 Å². The van der Waals surface area contributed by atoms with Crippen molar-refractivity contribution in [3.63, 3.8) is 0 Å². The minimum absolute atomic E-state index is 0.219. The van der Waals surface area contributed by atoms with Crippen molar-refractivity contribution in [3.8, 4) is 0 Å². The van der Waals surface area contributed by atoms with Crippen molar-refractivity contribution >= 4 is 16.0 Å². The summed E-state index contributed by atoms with van der Waals surface area (Å²) < 4.78 is 4.85. The highest BCUT2D eigenvalue weighted by molar-refractivity contribution is 6.25. The van der Waals surface area contributed by atoms with Gasteiger partial charge in [-0.05, 0) is 13.5 Å². The van der Waals surface area contributed by atoms with Crippen LogP contribution in [0.25, 0.3) is 0 Å². The van der Waals surface area contributed by atoms with Crippen molar-refractivity contribution in [3.05, 3.63) is 0 Å². The fourth-order valence-electron chi connectivity index (χ4n) is 0.214. The molecule has 3 heteroatoms. The second-order valence-electron chi connectivity index (χ2n) is 1.16. The van der Waals surface area contributed by atoms with E-state index in [9.17, 15) is 4.79 Å². The summed E-state index contributed by atoms with van der Waals surface area (Å²) in [6, 6.07) is 0. The zero-order chi connectivity index (χ0) is 5.70. The molecule has 0 saturated carbocycles. The van der Waals surface area contributed by atoms with Crippen molar-refractivity contribution < 1.29 is 9.22 Å². The molecule has 0 rings (SSSR count). The van der Waals surface area contributed by atoms with Gasteiger partial charge in [0, 0.05) is 0 Å². The molecule has 0 aromatic rings. The predicted molar refractivity (Wildman–Crippen MR) is 28.2 cm³/mol. The monoisotopic (exact) mass is 116 g/mol. The van der Waals surface area contributed by atoms with E-state index in [1.807, 2.05) is 6.55 Å². The Bertz CT molecular complexity index is 55.7. The van der Waals surface area contributed by atoms with E-state index >= 15 is 0 Å². The minimum Gasteiger partial charge on any atom is -0.408 e. The van der Waals surface area contributed by atoms with Gasteiger partial charge in [0.25, 0.3) is 0 Å². The van der Waals surface area contributed by atoms with Crippen LogP contribution < -0.4 is 0 Å². The lowest BCUT2D eigenvalue weighted by Crippen LogP contribution is -2.09. The molecule has 0 aromatic carbocycles. The molecule has 0 aromatic heterocycles. The third-order valence-corrected chi connectivity index (χ3v) is 1.10. The van der Waals surface area contributed by atoms with Gasteiger partial charge in [0.05, 0.1) is 6.10 Å². The summed E-state index contributed by atoms with van der Waals surface area (Å²) in [5, 5.41) is 0. The molecule has 0 aliphatic heterocycles. The van der Waals surface area contributed by atoms with E-state index in [0.717, 1.165) is 6.29 Å². The first-order valence-electron chi connectivity index (χ1n) is 2.09. The van der Waals surface area contributed by atoms with Gasteiger partial charge >= 0.3 is 0 Å². The van der Waals surface area contributed by atoms with E-state index in [1.165, 1.54) is 0 Å². The highest BCUT2D eigenvalue weighted by Gasteiger charge is 1.93. The summed E-state index contributed by atoms with van der Waals surface area (Å²) in [5.74, 6) is 0. The van der Waals surface area contributed by atoms with Crippen LogP contribution in [0.3, 0.4) is 0 Å². The van der Waals surface area contributed by atoms with E-state index in [0.29, 0.717) is 9.76 Å². The van der Waals surface area contributed by atoms with Gasteiger partial charge in [0.2, 0.25) is 9.76 Å². The Morgan fingerprint density at radius 2 is 2.43 bits per heavy atom. The van der Waals surface area contributed by atoms with Crippen LogP contribution in [-0.2, 0) is 9.22 Å². The van der Waals surface area contributed by atoms with Crippen LogP contribution in [0.15, 0.2) is 0 Å². The number of hydrogen-bond acceptors (Lipinski definition) is 2. The van der Waals surface area contributed by atoms with Crippen LogP contribution in [0.4, 0.5) is 0 Å². The molecule has 1 unspecified atom stereocenters. The molecule has 0 bridgehead atoms. The Morgan fingerprint density at radius 1 is 1.86 bits per heavy atom. The van der Waals surface area contributed by atoms with Crippen molar-refractivity contribution in [2.45, 2.75) is 19.6 Å². The van der Waals surface area contributed by atoms with Crippen LogP contribution in [0.1, 0.15) is 6.92 Å². The van der Waals surface area contributed by atoms with E-state index in [1.54, 1.807) is 6.92 Å². The summed E-state index contributed by atoms with van der Waals surface area (Å²) in [6.45, 7) is 3.61. The first-order chi connectivity index (χ1) is 3.31. The molecule has 0 heterocycles. The summed E-state index contributed by atoms with van der Waals surface area (Å²) in [7, 11) is 0.414. The zero-order valence-corrected chi connectivity index (χ0v) is 5.47. The lowest BCUT2D eigenvalue weighted by atomic mass is 10.5. The van der Waals surface area contributed by atoms with Gasteiger partial charge in [-0.3, -0.25) is 0 Å². The van der Waals surface area contributed by atoms with E-state index in [-0.39, 0.29) is 6.10 Å². The molecular formula is C4H8O2Si. The van der Waals surface area contributed by atoms with Crippen molar-refractivity contribution in [1.29, 1.82) is 0 Å². The maximum atomic E-state index is 9.77. The van der Waals surface area contributed by atoms with Crippen molar-refractivity contribution in [2.75, 3.05) is 0 Å². The van der Waals surface area contributed by atoms with Crippen LogP contribution in [0, 0.1) is 0 Å². The number of carbonyl (C=O) groups excluding carboxylic acids is 1. The highest BCUT2D eigenvalue weighted by Crippen LogP contribution is 1.79. The minimum atomic E-state index is -0.219. The molecule has 2 radical (unpaired) electrons. The van der Waals surface area contributed by atoms with E-state index in [4.69, 9.17) is 4.43 Å². The van der Waals surface area contributed by atoms with Gasteiger partial charge in [0.15, 0.2) is 0 Å². The Labute approximate surface area is 45.8 Å². The van der Waals surface area contributed by atoms with E-state index in [2.05, 4.69) is 0 Å². The van der Waals surface area contributed by atoms with Crippen LogP contribution in [0.5, 0.6) is 0 Å².